The molecular weight excluding hydrogens is 156 g/mol. The molecule has 0 saturated carbocycles. The molecule has 4 heteroatoms. The van der Waals surface area contributed by atoms with Crippen LogP contribution in [0.2, 0.25) is 0 Å². The Morgan fingerprint density at radius 2 is 1.22 bits per heavy atom. The first-order chi connectivity index (χ1) is 4.00. The molecular formula is C5H14O2S2. The second-order valence-electron chi connectivity index (χ2n) is 1.60. The van der Waals surface area contributed by atoms with Crippen molar-refractivity contribution < 1.29 is 8.42 Å². The summed E-state index contributed by atoms with van der Waals surface area (Å²) in [6.45, 7) is 1.90. The highest BCUT2D eigenvalue weighted by atomic mass is 32.2. The van der Waals surface area contributed by atoms with Crippen molar-refractivity contribution in [3.63, 3.8) is 0 Å². The van der Waals surface area contributed by atoms with Crippen LogP contribution in [0.5, 0.6) is 0 Å². The van der Waals surface area contributed by atoms with Crippen LogP contribution in [0.1, 0.15) is 6.92 Å². The fourth-order valence-corrected chi connectivity index (χ4v) is 0. The lowest BCUT2D eigenvalue weighted by Gasteiger charge is -1.74. The maximum Gasteiger partial charge on any atom is 0.0203 e. The van der Waals surface area contributed by atoms with Gasteiger partial charge in [-0.25, -0.2) is 0 Å². The van der Waals surface area contributed by atoms with Crippen LogP contribution in [0.3, 0.4) is 0 Å². The van der Waals surface area contributed by atoms with Crippen LogP contribution >= 0.6 is 0 Å². The van der Waals surface area contributed by atoms with Crippen molar-refractivity contribution in [3.8, 4) is 0 Å². The molecule has 0 amide bonds. The second kappa shape index (κ2) is 8.30. The van der Waals surface area contributed by atoms with Gasteiger partial charge in [0.2, 0.25) is 0 Å². The van der Waals surface area contributed by atoms with Gasteiger partial charge < -0.3 is 0 Å². The van der Waals surface area contributed by atoms with E-state index in [2.05, 4.69) is 0 Å². The lowest BCUT2D eigenvalue weighted by molar-refractivity contribution is 0.687. The molecule has 0 fully saturated rings. The Labute approximate surface area is 62.0 Å². The summed E-state index contributed by atoms with van der Waals surface area (Å²) in [5, 5.41) is 0. The van der Waals surface area contributed by atoms with Crippen molar-refractivity contribution in [3.05, 3.63) is 0 Å². The molecule has 58 valence electrons. The van der Waals surface area contributed by atoms with Crippen molar-refractivity contribution in [1.29, 1.82) is 0 Å². The van der Waals surface area contributed by atoms with Crippen molar-refractivity contribution in [2.24, 2.45) is 0 Å². The average molecular weight is 170 g/mol. The Morgan fingerprint density at radius 3 is 1.22 bits per heavy atom. The van der Waals surface area contributed by atoms with E-state index < -0.39 is 21.6 Å². The zero-order valence-corrected chi connectivity index (χ0v) is 7.97. The minimum absolute atomic E-state index is 0.573. The highest BCUT2D eigenvalue weighted by Crippen LogP contribution is 1.64. The van der Waals surface area contributed by atoms with E-state index in [4.69, 9.17) is 0 Å². The van der Waals surface area contributed by atoms with E-state index in [-0.39, 0.29) is 0 Å². The monoisotopic (exact) mass is 170 g/mol. The van der Waals surface area contributed by atoms with Gasteiger partial charge in [0.15, 0.2) is 0 Å². The molecule has 1 unspecified atom stereocenters. The Kier molecular flexibility index (Phi) is 11.1. The summed E-state index contributed by atoms with van der Waals surface area (Å²) in [5.41, 5.74) is 0. The maximum absolute atomic E-state index is 9.92. The van der Waals surface area contributed by atoms with Gasteiger partial charge in [-0.3, -0.25) is 8.42 Å². The Bertz CT molecular complexity index is 97.1. The SMILES string of the molecule is CCS(C)=O.CS(C)=O. The Morgan fingerprint density at radius 1 is 1.11 bits per heavy atom. The summed E-state index contributed by atoms with van der Waals surface area (Å²) in [7, 11) is -1.18. The summed E-state index contributed by atoms with van der Waals surface area (Å²) in [5.74, 6) is 0.778. The van der Waals surface area contributed by atoms with Gasteiger partial charge in [0.25, 0.3) is 0 Å². The minimum atomic E-state index is -0.611. The van der Waals surface area contributed by atoms with Crippen LogP contribution in [-0.2, 0) is 21.6 Å². The first-order valence-electron chi connectivity index (χ1n) is 2.55. The molecule has 0 spiro atoms. The van der Waals surface area contributed by atoms with E-state index in [1.807, 2.05) is 6.92 Å². The molecule has 9 heavy (non-hydrogen) atoms. The standard InChI is InChI=1S/C3H8OS.C2H6OS/c1-3-5(2)4;1-4(2)3/h3H2,1-2H3;1-2H3. The van der Waals surface area contributed by atoms with Crippen LogP contribution < -0.4 is 0 Å². The van der Waals surface area contributed by atoms with Crippen LogP contribution in [0.25, 0.3) is 0 Å². The predicted octanol–water partition coefficient (Wildman–Crippen LogP) is 0.380. The normalized spacial score (nSPS) is 12.1. The van der Waals surface area contributed by atoms with E-state index in [1.165, 1.54) is 0 Å². The van der Waals surface area contributed by atoms with E-state index in [1.54, 1.807) is 18.8 Å². The molecule has 1 atom stereocenters. The molecule has 0 aliphatic carbocycles. The first kappa shape index (κ1) is 12.0. The second-order valence-corrected chi connectivity index (χ2v) is 4.81. The molecule has 0 aromatic rings. The van der Waals surface area contributed by atoms with Gasteiger partial charge in [0.1, 0.15) is 0 Å². The lowest BCUT2D eigenvalue weighted by Crippen LogP contribution is -1.83. The highest BCUT2D eigenvalue weighted by molar-refractivity contribution is 7.84. The van der Waals surface area contributed by atoms with Crippen molar-refractivity contribution in [2.75, 3.05) is 24.5 Å². The minimum Gasteiger partial charge on any atom is -0.260 e. The molecule has 0 N–H and O–H groups in total. The number of hydrogen-bond acceptors (Lipinski definition) is 2. The van der Waals surface area contributed by atoms with E-state index in [9.17, 15) is 8.42 Å². The zero-order chi connectivity index (χ0) is 7.86. The molecule has 0 aliphatic heterocycles. The predicted molar refractivity (Wildman–Crippen MR) is 44.6 cm³/mol. The third kappa shape index (κ3) is 62.3. The highest BCUT2D eigenvalue weighted by Gasteiger charge is 1.73. The summed E-state index contributed by atoms with van der Waals surface area (Å²) in [4.78, 5) is 0. The smallest absolute Gasteiger partial charge is 0.0203 e. The average Bonchev–Trinajstić information content (AvgIpc) is 1.65. The quantitative estimate of drug-likeness (QED) is 0.570. The third-order valence-corrected chi connectivity index (χ3v) is 1.22. The summed E-state index contributed by atoms with van der Waals surface area (Å²) in [6, 6.07) is 0. The zero-order valence-electron chi connectivity index (χ0n) is 6.34. The molecule has 0 radical (unpaired) electrons. The largest absolute Gasteiger partial charge is 0.260 e. The fraction of sp³-hybridized carbons (Fsp3) is 1.00. The number of hydrogen-bond donors (Lipinski definition) is 0. The summed E-state index contributed by atoms with van der Waals surface area (Å²) < 4.78 is 19.5. The van der Waals surface area contributed by atoms with Gasteiger partial charge in [0, 0.05) is 46.1 Å². The molecule has 0 bridgehead atoms. The molecule has 2 nitrogen and oxygen atoms in total. The summed E-state index contributed by atoms with van der Waals surface area (Å²) >= 11 is 0. The van der Waals surface area contributed by atoms with Crippen molar-refractivity contribution >= 4 is 21.6 Å². The molecule has 0 saturated heterocycles. The summed E-state index contributed by atoms with van der Waals surface area (Å²) in [6.07, 6.45) is 4.97. The van der Waals surface area contributed by atoms with Crippen LogP contribution in [0.4, 0.5) is 0 Å². The molecule has 0 rings (SSSR count). The van der Waals surface area contributed by atoms with Crippen LogP contribution in [0.15, 0.2) is 0 Å². The molecule has 0 aromatic heterocycles. The lowest BCUT2D eigenvalue weighted by atomic mass is 11.0. The molecule has 0 heterocycles. The van der Waals surface area contributed by atoms with Crippen molar-refractivity contribution in [2.45, 2.75) is 6.92 Å². The Balaban J connectivity index is 0. The van der Waals surface area contributed by atoms with Crippen molar-refractivity contribution in [1.82, 2.24) is 0 Å². The van der Waals surface area contributed by atoms with Gasteiger partial charge in [0.05, 0.1) is 0 Å². The molecule has 0 aliphatic rings. The van der Waals surface area contributed by atoms with E-state index in [0.717, 1.165) is 5.75 Å². The van der Waals surface area contributed by atoms with Gasteiger partial charge in [-0.15, -0.1) is 0 Å². The van der Waals surface area contributed by atoms with E-state index >= 15 is 0 Å². The fourth-order valence-electron chi connectivity index (χ4n) is 0. The van der Waals surface area contributed by atoms with Gasteiger partial charge in [-0.2, -0.15) is 0 Å². The topological polar surface area (TPSA) is 34.1 Å². The maximum atomic E-state index is 9.92. The van der Waals surface area contributed by atoms with Crippen LogP contribution in [-0.4, -0.2) is 32.9 Å². The van der Waals surface area contributed by atoms with E-state index in [0.29, 0.717) is 0 Å². The Hall–Kier alpha value is 0.300. The van der Waals surface area contributed by atoms with Gasteiger partial charge in [-0.05, 0) is 0 Å². The first-order valence-corrected chi connectivity index (χ1v) is 6.25. The number of rotatable bonds is 1. The van der Waals surface area contributed by atoms with Gasteiger partial charge >= 0.3 is 0 Å². The van der Waals surface area contributed by atoms with Gasteiger partial charge in [-0.1, -0.05) is 6.92 Å². The molecule has 0 aromatic carbocycles. The van der Waals surface area contributed by atoms with Crippen LogP contribution in [0, 0.1) is 0 Å². The third-order valence-electron chi connectivity index (χ3n) is 0.407.